The van der Waals surface area contributed by atoms with Gasteiger partial charge in [0.15, 0.2) is 6.61 Å². The van der Waals surface area contributed by atoms with Crippen LogP contribution < -0.4 is 0 Å². The number of rotatable bonds is 5. The predicted octanol–water partition coefficient (Wildman–Crippen LogP) is 2.34. The largest absolute Gasteiger partial charge is 0.452 e. The Morgan fingerprint density at radius 2 is 1.69 bits per heavy atom. The van der Waals surface area contributed by atoms with E-state index in [-0.39, 0.29) is 42.5 Å². The van der Waals surface area contributed by atoms with Gasteiger partial charge >= 0.3 is 5.97 Å². The van der Waals surface area contributed by atoms with Crippen molar-refractivity contribution >= 4 is 33.5 Å². The molecule has 3 rings (SSSR count). The van der Waals surface area contributed by atoms with Gasteiger partial charge in [-0.15, -0.1) is 0 Å². The van der Waals surface area contributed by atoms with Gasteiger partial charge in [-0.25, -0.2) is 13.2 Å². The van der Waals surface area contributed by atoms with E-state index in [1.807, 2.05) is 6.92 Å². The van der Waals surface area contributed by atoms with Crippen LogP contribution in [0.5, 0.6) is 0 Å². The fourth-order valence-electron chi connectivity index (χ4n) is 2.95. The summed E-state index contributed by atoms with van der Waals surface area (Å²) in [4.78, 5) is 26.1. The summed E-state index contributed by atoms with van der Waals surface area (Å²) in [5.74, 6) is -1.01. The smallest absolute Gasteiger partial charge is 0.338 e. The highest BCUT2D eigenvalue weighted by atomic mass is 35.5. The van der Waals surface area contributed by atoms with E-state index in [1.165, 1.54) is 15.3 Å². The number of carbonyl (C=O) groups is 2. The average molecular weight is 437 g/mol. The highest BCUT2D eigenvalue weighted by molar-refractivity contribution is 7.89. The molecule has 0 saturated carbocycles. The fourth-order valence-corrected chi connectivity index (χ4v) is 4.57. The molecule has 0 aliphatic carbocycles. The molecule has 0 aromatic heterocycles. The van der Waals surface area contributed by atoms with Crippen molar-refractivity contribution in [1.82, 2.24) is 9.21 Å². The third-order valence-electron chi connectivity index (χ3n) is 4.64. The van der Waals surface area contributed by atoms with Crippen LogP contribution in [0.4, 0.5) is 0 Å². The van der Waals surface area contributed by atoms with Gasteiger partial charge in [-0.2, -0.15) is 4.31 Å². The maximum Gasteiger partial charge on any atom is 0.338 e. The fraction of sp³-hybridized carbons (Fsp3) is 0.300. The van der Waals surface area contributed by atoms with Gasteiger partial charge in [0.2, 0.25) is 10.0 Å². The van der Waals surface area contributed by atoms with Gasteiger partial charge in [-0.05, 0) is 37.3 Å². The van der Waals surface area contributed by atoms with Crippen LogP contribution in [0.2, 0.25) is 5.02 Å². The van der Waals surface area contributed by atoms with Gasteiger partial charge < -0.3 is 9.64 Å². The molecule has 9 heteroatoms. The molecule has 1 fully saturated rings. The van der Waals surface area contributed by atoms with Gasteiger partial charge in [-0.1, -0.05) is 35.4 Å². The quantitative estimate of drug-likeness (QED) is 0.672. The van der Waals surface area contributed by atoms with Crippen molar-refractivity contribution in [2.24, 2.45) is 0 Å². The molecule has 0 radical (unpaired) electrons. The average Bonchev–Trinajstić information content (AvgIpc) is 2.72. The summed E-state index contributed by atoms with van der Waals surface area (Å²) in [6, 6.07) is 12.9. The van der Waals surface area contributed by atoms with Crippen molar-refractivity contribution < 1.29 is 22.7 Å². The van der Waals surface area contributed by atoms with Crippen molar-refractivity contribution in [1.29, 1.82) is 0 Å². The number of hydrogen-bond acceptors (Lipinski definition) is 5. The number of halogens is 1. The number of carbonyl (C=O) groups excluding carboxylic acids is 2. The number of esters is 1. The maximum absolute atomic E-state index is 12.7. The summed E-state index contributed by atoms with van der Waals surface area (Å²) in [5, 5.41) is 0.400. The first kappa shape index (κ1) is 21.3. The van der Waals surface area contributed by atoms with E-state index in [4.69, 9.17) is 16.3 Å². The topological polar surface area (TPSA) is 84.0 Å². The monoisotopic (exact) mass is 436 g/mol. The molecule has 7 nitrogen and oxygen atoms in total. The number of piperazine rings is 1. The molecule has 2 aromatic carbocycles. The summed E-state index contributed by atoms with van der Waals surface area (Å²) >= 11 is 5.84. The first-order chi connectivity index (χ1) is 13.8. The molecular weight excluding hydrogens is 416 g/mol. The Balaban J connectivity index is 1.53. The Labute approximate surface area is 174 Å². The Kier molecular flexibility index (Phi) is 6.56. The molecule has 0 atom stereocenters. The molecule has 1 heterocycles. The van der Waals surface area contributed by atoms with Gasteiger partial charge in [0.1, 0.15) is 0 Å². The first-order valence-corrected chi connectivity index (χ1v) is 10.9. The zero-order valence-electron chi connectivity index (χ0n) is 15.9. The summed E-state index contributed by atoms with van der Waals surface area (Å²) in [6.07, 6.45) is 0. The van der Waals surface area contributed by atoms with Gasteiger partial charge in [0.25, 0.3) is 5.91 Å². The SMILES string of the molecule is Cc1ccc(S(=O)(=O)N2CCN(C(=O)COC(=O)c3cccc(Cl)c3)CC2)cc1. The zero-order chi connectivity index (χ0) is 21.0. The molecule has 29 heavy (non-hydrogen) atoms. The van der Waals surface area contributed by atoms with Crippen LogP contribution in [-0.2, 0) is 19.6 Å². The Morgan fingerprint density at radius 3 is 2.31 bits per heavy atom. The van der Waals surface area contributed by atoms with Crippen LogP contribution in [0, 0.1) is 6.92 Å². The minimum absolute atomic E-state index is 0.185. The Hall–Kier alpha value is -2.42. The van der Waals surface area contributed by atoms with Crippen LogP contribution in [0.1, 0.15) is 15.9 Å². The number of benzene rings is 2. The minimum Gasteiger partial charge on any atom is -0.452 e. The molecular formula is C20H21ClN2O5S. The maximum atomic E-state index is 12.7. The number of nitrogens with zero attached hydrogens (tertiary/aromatic N) is 2. The summed E-state index contributed by atoms with van der Waals surface area (Å²) in [7, 11) is -3.60. The number of hydrogen-bond donors (Lipinski definition) is 0. The Morgan fingerprint density at radius 1 is 1.03 bits per heavy atom. The standard InChI is InChI=1S/C20H21ClN2O5S/c1-15-5-7-18(8-6-15)29(26,27)23-11-9-22(10-12-23)19(24)14-28-20(25)16-3-2-4-17(21)13-16/h2-8,13H,9-12,14H2,1H3. The number of aryl methyl sites for hydroxylation is 1. The first-order valence-electron chi connectivity index (χ1n) is 9.04. The van der Waals surface area contributed by atoms with E-state index in [0.29, 0.717) is 5.02 Å². The normalized spacial score (nSPS) is 15.2. The van der Waals surface area contributed by atoms with Crippen molar-refractivity contribution in [2.45, 2.75) is 11.8 Å². The molecule has 0 bridgehead atoms. The van der Waals surface area contributed by atoms with E-state index in [1.54, 1.807) is 42.5 Å². The molecule has 0 N–H and O–H groups in total. The summed E-state index contributed by atoms with van der Waals surface area (Å²) < 4.78 is 31.8. The van der Waals surface area contributed by atoms with E-state index >= 15 is 0 Å². The van der Waals surface area contributed by atoms with Crippen LogP contribution in [0.3, 0.4) is 0 Å². The number of sulfonamides is 1. The van der Waals surface area contributed by atoms with Crippen LogP contribution in [0.15, 0.2) is 53.4 Å². The van der Waals surface area contributed by atoms with E-state index < -0.39 is 22.6 Å². The highest BCUT2D eigenvalue weighted by Crippen LogP contribution is 2.18. The molecule has 1 amide bonds. The van der Waals surface area contributed by atoms with Crippen molar-refractivity contribution in [3.8, 4) is 0 Å². The van der Waals surface area contributed by atoms with Crippen molar-refractivity contribution in [3.05, 3.63) is 64.7 Å². The molecule has 1 saturated heterocycles. The third-order valence-corrected chi connectivity index (χ3v) is 6.79. The van der Waals surface area contributed by atoms with Gasteiger partial charge in [0.05, 0.1) is 10.5 Å². The second kappa shape index (κ2) is 8.94. The molecule has 154 valence electrons. The number of amides is 1. The van der Waals surface area contributed by atoms with E-state index in [9.17, 15) is 18.0 Å². The molecule has 1 aliphatic rings. The van der Waals surface area contributed by atoms with Crippen molar-refractivity contribution in [2.75, 3.05) is 32.8 Å². The summed E-state index contributed by atoms with van der Waals surface area (Å²) in [5.41, 5.74) is 1.24. The predicted molar refractivity (Wildman–Crippen MR) is 108 cm³/mol. The molecule has 2 aromatic rings. The van der Waals surface area contributed by atoms with E-state index in [0.717, 1.165) is 5.56 Å². The second-order valence-corrected chi connectivity index (χ2v) is 9.06. The summed E-state index contributed by atoms with van der Waals surface area (Å²) in [6.45, 7) is 2.32. The molecule has 1 aliphatic heterocycles. The molecule has 0 unspecified atom stereocenters. The number of ether oxygens (including phenoxy) is 1. The lowest BCUT2D eigenvalue weighted by Crippen LogP contribution is -2.51. The van der Waals surface area contributed by atoms with E-state index in [2.05, 4.69) is 0 Å². The lowest BCUT2D eigenvalue weighted by Gasteiger charge is -2.33. The van der Waals surface area contributed by atoms with Gasteiger partial charge in [-0.3, -0.25) is 4.79 Å². The van der Waals surface area contributed by atoms with Gasteiger partial charge in [0, 0.05) is 31.2 Å². The van der Waals surface area contributed by atoms with Crippen LogP contribution >= 0.6 is 11.6 Å². The Bertz CT molecular complexity index is 1000. The third kappa shape index (κ3) is 5.14. The van der Waals surface area contributed by atoms with Crippen LogP contribution in [-0.4, -0.2) is 62.3 Å². The minimum atomic E-state index is -3.60. The lowest BCUT2D eigenvalue weighted by atomic mass is 10.2. The zero-order valence-corrected chi connectivity index (χ0v) is 17.4. The second-order valence-electron chi connectivity index (χ2n) is 6.68. The highest BCUT2D eigenvalue weighted by Gasteiger charge is 2.30. The molecule has 0 spiro atoms. The van der Waals surface area contributed by atoms with Crippen LogP contribution in [0.25, 0.3) is 0 Å². The van der Waals surface area contributed by atoms with Crippen molar-refractivity contribution in [3.63, 3.8) is 0 Å². The lowest BCUT2D eigenvalue weighted by molar-refractivity contribution is -0.135.